The quantitative estimate of drug-likeness (QED) is 0.174. The summed E-state index contributed by atoms with van der Waals surface area (Å²) in [6, 6.07) is 89.2. The van der Waals surface area contributed by atoms with E-state index in [1.165, 1.54) is 77.1 Å². The molecule has 0 saturated carbocycles. The maximum absolute atomic E-state index is 5.18. The zero-order valence-corrected chi connectivity index (χ0v) is 44.8. The molecule has 2 aliphatic carbocycles. The van der Waals surface area contributed by atoms with Gasteiger partial charge in [0.15, 0.2) is 4.73 Å². The average Bonchev–Trinajstić information content (AvgIpc) is 4.27. The van der Waals surface area contributed by atoms with Crippen molar-refractivity contribution in [3.05, 3.63) is 282 Å². The smallest absolute Gasteiger partial charge is 0.235 e. The van der Waals surface area contributed by atoms with E-state index in [1.807, 2.05) is 78.9 Å². The number of aromatic amines is 1. The topological polar surface area (TPSA) is 72.3 Å². The third kappa shape index (κ3) is 9.08. The van der Waals surface area contributed by atoms with Crippen LogP contribution in [0.1, 0.15) is 23.7 Å². The molecule has 0 atom stereocenters. The Morgan fingerprint density at radius 1 is 0.342 bits per heavy atom. The van der Waals surface area contributed by atoms with Crippen molar-refractivity contribution in [2.24, 2.45) is 0 Å². The minimum Gasteiger partial charge on any atom is -0.354 e. The predicted octanol–water partition coefficient (Wildman–Crippen LogP) is 18.6. The van der Waals surface area contributed by atoms with Crippen molar-refractivity contribution >= 4 is 59.5 Å². The highest BCUT2D eigenvalue weighted by Gasteiger charge is 2.25. The van der Waals surface area contributed by atoms with Crippen LogP contribution in [-0.4, -0.2) is 29.5 Å². The Hall–Kier alpha value is -9.56. The number of benzene rings is 10. The minimum absolute atomic E-state index is 0. The Balaban J connectivity index is 0.000000124. The van der Waals surface area contributed by atoms with Gasteiger partial charge in [-0.15, -0.1) is 0 Å². The fourth-order valence-electron chi connectivity index (χ4n) is 11.8. The number of fused-ring (bicyclic) bond motifs is 14. The molecular formula is C72H53BrN6. The first-order valence-corrected chi connectivity index (χ1v) is 27.8. The van der Waals surface area contributed by atoms with Gasteiger partial charge in [0.25, 0.3) is 0 Å². The molecule has 0 amide bonds. The normalized spacial score (nSPS) is 12.2. The number of rotatable bonds is 5. The Bertz CT molecular complexity index is 4440. The van der Waals surface area contributed by atoms with Crippen LogP contribution in [0.15, 0.2) is 260 Å². The number of hydrogen-bond donors (Lipinski definition) is 1. The lowest BCUT2D eigenvalue weighted by molar-refractivity contribution is 0.943. The van der Waals surface area contributed by atoms with Crippen LogP contribution in [0.3, 0.4) is 0 Å². The number of aromatic nitrogens is 6. The molecule has 4 aromatic heterocycles. The second kappa shape index (κ2) is 20.8. The summed E-state index contributed by atoms with van der Waals surface area (Å²) in [5.74, 6) is 0.686. The molecule has 14 aromatic rings. The third-order valence-electron chi connectivity index (χ3n) is 15.5. The number of nitrogens with one attached hydrogen (secondary N) is 1. The van der Waals surface area contributed by atoms with Crippen molar-refractivity contribution in [1.29, 1.82) is 0 Å². The largest absolute Gasteiger partial charge is 0.354 e. The zero-order valence-electron chi connectivity index (χ0n) is 43.2. The molecule has 1 N–H and O–H groups in total. The molecule has 16 rings (SSSR count). The SMILES string of the molecule is Brc1nc(-c2ccccc2)cc(-c2ccccc2)n1.[2HH].c1ccc(-c2cc(-c3ccccc3)nc(-n3c4ccccc4c4c5c(ccc43)CCc3ccccc3-5)n2)cc1.c1ccc2c(c1)CCc1ccc3[nH]c4ccccc4c3c1-2. The van der Waals surface area contributed by atoms with Gasteiger partial charge < -0.3 is 4.98 Å². The van der Waals surface area contributed by atoms with Crippen LogP contribution in [0.4, 0.5) is 0 Å². The summed E-state index contributed by atoms with van der Waals surface area (Å²) in [6.45, 7) is 0. The van der Waals surface area contributed by atoms with E-state index in [4.69, 9.17) is 9.97 Å². The summed E-state index contributed by atoms with van der Waals surface area (Å²) in [5.41, 5.74) is 24.0. The number of para-hydroxylation sites is 2. The fraction of sp³-hybridized carbons (Fsp3) is 0.0556. The van der Waals surface area contributed by atoms with Crippen LogP contribution in [0.2, 0.25) is 0 Å². The van der Waals surface area contributed by atoms with Crippen LogP contribution in [-0.2, 0) is 25.7 Å². The van der Waals surface area contributed by atoms with Gasteiger partial charge in [-0.3, -0.25) is 4.57 Å². The number of halogens is 1. The molecule has 0 bridgehead atoms. The van der Waals surface area contributed by atoms with Gasteiger partial charge in [-0.05, 0) is 123 Å². The predicted molar refractivity (Wildman–Crippen MR) is 331 cm³/mol. The van der Waals surface area contributed by atoms with E-state index in [-0.39, 0.29) is 1.43 Å². The highest BCUT2D eigenvalue weighted by atomic mass is 79.9. The average molecular weight is 1080 g/mol. The molecule has 0 spiro atoms. The number of nitrogens with zero attached hydrogens (tertiary/aromatic N) is 5. The van der Waals surface area contributed by atoms with E-state index in [9.17, 15) is 0 Å². The maximum atomic E-state index is 5.18. The van der Waals surface area contributed by atoms with E-state index in [1.54, 1.807) is 0 Å². The summed E-state index contributed by atoms with van der Waals surface area (Å²) in [6.07, 6.45) is 4.43. The molecular weight excluding hydrogens is 1030 g/mol. The molecule has 10 aromatic carbocycles. The van der Waals surface area contributed by atoms with Crippen molar-refractivity contribution in [2.75, 3.05) is 0 Å². The lowest BCUT2D eigenvalue weighted by Crippen LogP contribution is -2.06. The van der Waals surface area contributed by atoms with E-state index in [0.717, 1.165) is 81.7 Å². The van der Waals surface area contributed by atoms with Crippen molar-refractivity contribution in [3.63, 3.8) is 0 Å². The monoisotopic (exact) mass is 1080 g/mol. The molecule has 2 aliphatic rings. The van der Waals surface area contributed by atoms with Gasteiger partial charge >= 0.3 is 0 Å². The standard InChI is InChI=1S/C36H25N3.C20H15N.C16H11BrN2.H2/c1-3-12-25(13-4-1)30-23-31(26-14-5-2-6-15-26)38-36(37-30)39-32-18-10-9-17-29(32)35-33(39)22-21-27-20-19-24-11-7-8-16-28(24)34(27)35;1-2-6-15-13(5-1)9-10-14-11-12-18-20(19(14)15)16-7-3-4-8-17(16)21-18;17-16-18-14(12-7-3-1-4-8-12)11-15(19-16)13-9-5-2-6-10-13;/h1-18,21-23H,19-20H2;1-8,11-12,21H,9-10H2;1-11H;1H/i;;;1+1. The molecule has 7 heteroatoms. The number of H-pyrrole nitrogens is 1. The van der Waals surface area contributed by atoms with Crippen molar-refractivity contribution in [3.8, 4) is 73.2 Å². The summed E-state index contributed by atoms with van der Waals surface area (Å²) >= 11 is 3.39. The molecule has 0 radical (unpaired) electrons. The first-order valence-electron chi connectivity index (χ1n) is 27.0. The molecule has 0 saturated heterocycles. The van der Waals surface area contributed by atoms with Gasteiger partial charge in [-0.2, -0.15) is 0 Å². The summed E-state index contributed by atoms with van der Waals surface area (Å²) in [4.78, 5) is 22.8. The van der Waals surface area contributed by atoms with Gasteiger partial charge in [0.05, 0.1) is 33.8 Å². The molecule has 0 aliphatic heterocycles. The molecule has 6 nitrogen and oxygen atoms in total. The van der Waals surface area contributed by atoms with Crippen LogP contribution < -0.4 is 0 Å². The van der Waals surface area contributed by atoms with Crippen LogP contribution in [0.5, 0.6) is 0 Å². The lowest BCUT2D eigenvalue weighted by Gasteiger charge is -2.21. The van der Waals surface area contributed by atoms with Crippen LogP contribution in [0.25, 0.3) is 117 Å². The molecule has 378 valence electrons. The summed E-state index contributed by atoms with van der Waals surface area (Å²) in [7, 11) is 0. The van der Waals surface area contributed by atoms with Crippen molar-refractivity contribution < 1.29 is 1.43 Å². The molecule has 0 fully saturated rings. The zero-order chi connectivity index (χ0) is 52.7. The molecule has 79 heavy (non-hydrogen) atoms. The lowest BCUT2D eigenvalue weighted by atomic mass is 9.83. The van der Waals surface area contributed by atoms with E-state index >= 15 is 0 Å². The third-order valence-corrected chi connectivity index (χ3v) is 15.8. The fourth-order valence-corrected chi connectivity index (χ4v) is 12.2. The minimum atomic E-state index is 0. The van der Waals surface area contributed by atoms with Crippen LogP contribution >= 0.6 is 15.9 Å². The highest BCUT2D eigenvalue weighted by Crippen LogP contribution is 2.45. The Labute approximate surface area is 468 Å². The van der Waals surface area contributed by atoms with Crippen molar-refractivity contribution in [1.82, 2.24) is 29.5 Å². The molecule has 0 unspecified atom stereocenters. The van der Waals surface area contributed by atoms with Gasteiger partial charge in [0.1, 0.15) is 0 Å². The molecule has 4 heterocycles. The van der Waals surface area contributed by atoms with Gasteiger partial charge in [-0.25, -0.2) is 19.9 Å². The second-order valence-corrected chi connectivity index (χ2v) is 20.9. The van der Waals surface area contributed by atoms with Crippen molar-refractivity contribution in [2.45, 2.75) is 25.7 Å². The van der Waals surface area contributed by atoms with Crippen LogP contribution in [0, 0.1) is 0 Å². The Morgan fingerprint density at radius 3 is 1.30 bits per heavy atom. The van der Waals surface area contributed by atoms with Gasteiger partial charge in [0.2, 0.25) is 5.95 Å². The maximum Gasteiger partial charge on any atom is 0.235 e. The first kappa shape index (κ1) is 47.9. The van der Waals surface area contributed by atoms with E-state index in [0.29, 0.717) is 10.7 Å². The Kier molecular flexibility index (Phi) is 12.6. The first-order chi connectivity index (χ1) is 39.1. The Morgan fingerprint density at radius 2 is 0.759 bits per heavy atom. The van der Waals surface area contributed by atoms with Gasteiger partial charge in [0, 0.05) is 56.3 Å². The van der Waals surface area contributed by atoms with E-state index in [2.05, 4.69) is 211 Å². The highest BCUT2D eigenvalue weighted by molar-refractivity contribution is 9.10. The second-order valence-electron chi connectivity index (χ2n) is 20.2. The number of hydrogen-bond acceptors (Lipinski definition) is 4. The van der Waals surface area contributed by atoms with Gasteiger partial charge in [-0.1, -0.05) is 218 Å². The number of aryl methyl sites for hydroxylation is 4. The summed E-state index contributed by atoms with van der Waals surface area (Å²) < 4.78 is 2.86. The van der Waals surface area contributed by atoms with E-state index < -0.39 is 0 Å². The summed E-state index contributed by atoms with van der Waals surface area (Å²) in [5, 5.41) is 5.23.